The standard InChI is InChI=1S/C25H27ClFN3O4S/c1-14(2)10-21(35)23(31)28-12-20-22(26)29-25(34-3)30(20)13-16-9-8-15(11-19(16)27)17-6-4-5-7-18(17)24(32)33/h4-9,11,14,21,35H,10,12-13H2,1-3H3,(H,28,31)(H,32,33)/t21-/m0/s1. The van der Waals surface area contributed by atoms with Gasteiger partial charge in [-0.1, -0.05) is 55.8 Å². The van der Waals surface area contributed by atoms with Gasteiger partial charge in [-0.3, -0.25) is 9.36 Å². The Morgan fingerprint density at radius 3 is 2.60 bits per heavy atom. The van der Waals surface area contributed by atoms with Crippen molar-refractivity contribution < 1.29 is 23.8 Å². The Hall–Kier alpha value is -3.04. The van der Waals surface area contributed by atoms with Gasteiger partial charge in [0.05, 0.1) is 36.7 Å². The Bertz CT molecular complexity index is 1230. The number of nitrogens with one attached hydrogen (secondary N) is 1. The highest BCUT2D eigenvalue weighted by Crippen LogP contribution is 2.28. The number of carboxylic acids is 1. The fourth-order valence-electron chi connectivity index (χ4n) is 3.70. The van der Waals surface area contributed by atoms with E-state index in [9.17, 15) is 14.7 Å². The van der Waals surface area contributed by atoms with Gasteiger partial charge in [0.2, 0.25) is 5.91 Å². The molecule has 186 valence electrons. The number of rotatable bonds is 10. The monoisotopic (exact) mass is 519 g/mol. The van der Waals surface area contributed by atoms with E-state index in [1.165, 1.54) is 19.2 Å². The number of amides is 1. The summed E-state index contributed by atoms with van der Waals surface area (Å²) in [6.45, 7) is 4.12. The fourth-order valence-corrected chi connectivity index (χ4v) is 4.45. The molecule has 2 aromatic carbocycles. The minimum atomic E-state index is -1.09. The van der Waals surface area contributed by atoms with Crippen molar-refractivity contribution in [1.82, 2.24) is 14.9 Å². The van der Waals surface area contributed by atoms with Gasteiger partial charge < -0.3 is 15.2 Å². The van der Waals surface area contributed by atoms with E-state index in [2.05, 4.69) is 22.9 Å². The van der Waals surface area contributed by atoms with Crippen LogP contribution in [0.15, 0.2) is 42.5 Å². The van der Waals surface area contributed by atoms with E-state index in [1.807, 2.05) is 13.8 Å². The van der Waals surface area contributed by atoms with Crippen molar-refractivity contribution in [2.24, 2.45) is 5.92 Å². The Morgan fingerprint density at radius 2 is 1.97 bits per heavy atom. The van der Waals surface area contributed by atoms with Gasteiger partial charge >= 0.3 is 5.97 Å². The SMILES string of the molecule is COc1nc(Cl)c(CNC(=O)[C@@H](S)CC(C)C)n1Cc1ccc(-c2ccccc2C(=O)O)cc1F. The van der Waals surface area contributed by atoms with Gasteiger partial charge in [-0.15, -0.1) is 0 Å². The Balaban J connectivity index is 1.86. The zero-order valence-electron chi connectivity index (χ0n) is 19.6. The predicted octanol–water partition coefficient (Wildman–Crippen LogP) is 5.06. The summed E-state index contributed by atoms with van der Waals surface area (Å²) in [4.78, 5) is 28.1. The number of benzene rings is 2. The Labute approximate surface area is 213 Å². The number of carbonyl (C=O) groups is 2. The molecule has 3 rings (SSSR count). The Morgan fingerprint density at radius 1 is 1.26 bits per heavy atom. The lowest BCUT2D eigenvalue weighted by Gasteiger charge is -2.16. The first kappa shape index (κ1) is 26.6. The average Bonchev–Trinajstić information content (AvgIpc) is 3.12. The summed E-state index contributed by atoms with van der Waals surface area (Å²) in [6.07, 6.45) is 0.619. The first-order valence-electron chi connectivity index (χ1n) is 11.0. The van der Waals surface area contributed by atoms with E-state index in [0.29, 0.717) is 34.7 Å². The largest absolute Gasteiger partial charge is 0.478 e. The maximum Gasteiger partial charge on any atom is 0.336 e. The molecule has 0 fully saturated rings. The van der Waals surface area contributed by atoms with Crippen molar-refractivity contribution >= 4 is 36.1 Å². The summed E-state index contributed by atoms with van der Waals surface area (Å²) < 4.78 is 22.0. The molecule has 0 aliphatic rings. The lowest BCUT2D eigenvalue weighted by atomic mass is 9.98. The van der Waals surface area contributed by atoms with E-state index in [4.69, 9.17) is 16.3 Å². The number of imidazole rings is 1. The summed E-state index contributed by atoms with van der Waals surface area (Å²) in [7, 11) is 1.42. The molecule has 0 saturated carbocycles. The highest BCUT2D eigenvalue weighted by atomic mass is 35.5. The topological polar surface area (TPSA) is 93.5 Å². The van der Waals surface area contributed by atoms with Crippen molar-refractivity contribution in [3.63, 3.8) is 0 Å². The van der Waals surface area contributed by atoms with E-state index in [-0.39, 0.29) is 35.7 Å². The first-order chi connectivity index (χ1) is 16.6. The highest BCUT2D eigenvalue weighted by Gasteiger charge is 2.21. The molecule has 0 bridgehead atoms. The number of ether oxygens (including phenoxy) is 1. The van der Waals surface area contributed by atoms with Gasteiger partial charge in [-0.05, 0) is 35.6 Å². The van der Waals surface area contributed by atoms with Crippen LogP contribution in [0.3, 0.4) is 0 Å². The molecule has 2 N–H and O–H groups in total. The molecule has 1 atom stereocenters. The van der Waals surface area contributed by atoms with Crippen LogP contribution in [-0.4, -0.2) is 38.9 Å². The van der Waals surface area contributed by atoms with Gasteiger partial charge in [-0.25, -0.2) is 9.18 Å². The van der Waals surface area contributed by atoms with E-state index >= 15 is 4.39 Å². The maximum atomic E-state index is 15.1. The quantitative estimate of drug-likeness (QED) is 0.326. The molecule has 7 nitrogen and oxygen atoms in total. The second kappa shape index (κ2) is 11.6. The van der Waals surface area contributed by atoms with Gasteiger partial charge in [0.15, 0.2) is 5.15 Å². The van der Waals surface area contributed by atoms with Crippen molar-refractivity contribution in [2.75, 3.05) is 7.11 Å². The minimum absolute atomic E-state index is 0.0388. The molecular weight excluding hydrogens is 493 g/mol. The predicted molar refractivity (Wildman–Crippen MR) is 136 cm³/mol. The molecule has 0 aliphatic heterocycles. The van der Waals surface area contributed by atoms with Gasteiger partial charge in [0, 0.05) is 5.56 Å². The number of nitrogens with zero attached hydrogens (tertiary/aromatic N) is 2. The van der Waals surface area contributed by atoms with E-state index < -0.39 is 17.0 Å². The van der Waals surface area contributed by atoms with Crippen LogP contribution in [-0.2, 0) is 17.9 Å². The van der Waals surface area contributed by atoms with Crippen molar-refractivity contribution in [3.8, 4) is 17.1 Å². The van der Waals surface area contributed by atoms with Crippen LogP contribution >= 0.6 is 24.2 Å². The van der Waals surface area contributed by atoms with E-state index in [1.54, 1.807) is 34.9 Å². The number of aromatic nitrogens is 2. The molecule has 35 heavy (non-hydrogen) atoms. The van der Waals surface area contributed by atoms with Crippen LogP contribution in [0.1, 0.15) is 41.9 Å². The molecular formula is C25H27ClFN3O4S. The summed E-state index contributed by atoms with van der Waals surface area (Å²) in [5, 5.41) is 11.9. The van der Waals surface area contributed by atoms with Crippen molar-refractivity contribution in [3.05, 3.63) is 70.3 Å². The number of thiol groups is 1. The normalized spacial score (nSPS) is 12.0. The van der Waals surface area contributed by atoms with Crippen LogP contribution in [0.5, 0.6) is 6.01 Å². The van der Waals surface area contributed by atoms with Crippen LogP contribution in [0.25, 0.3) is 11.1 Å². The van der Waals surface area contributed by atoms with E-state index in [0.717, 1.165) is 0 Å². The van der Waals surface area contributed by atoms with Crippen molar-refractivity contribution in [2.45, 2.75) is 38.6 Å². The summed E-state index contributed by atoms with van der Waals surface area (Å²) in [5.74, 6) is -1.55. The lowest BCUT2D eigenvalue weighted by Crippen LogP contribution is -2.32. The number of carboxylic acid groups (broad SMARTS) is 1. The second-order valence-corrected chi connectivity index (χ2v) is 9.42. The first-order valence-corrected chi connectivity index (χ1v) is 11.9. The number of halogens is 2. The fraction of sp³-hybridized carbons (Fsp3) is 0.320. The van der Waals surface area contributed by atoms with Crippen molar-refractivity contribution in [1.29, 1.82) is 0 Å². The number of methoxy groups -OCH3 is 1. The maximum absolute atomic E-state index is 15.1. The third-order valence-corrected chi connectivity index (χ3v) is 6.20. The number of aromatic carboxylic acids is 1. The molecule has 3 aromatic rings. The molecule has 1 aromatic heterocycles. The number of hydrogen-bond acceptors (Lipinski definition) is 5. The van der Waals surface area contributed by atoms with Crippen LogP contribution in [0, 0.1) is 11.7 Å². The van der Waals surface area contributed by atoms with Gasteiger partial charge in [-0.2, -0.15) is 17.6 Å². The zero-order valence-corrected chi connectivity index (χ0v) is 21.2. The molecule has 0 saturated heterocycles. The highest BCUT2D eigenvalue weighted by molar-refractivity contribution is 7.81. The molecule has 1 heterocycles. The molecule has 0 unspecified atom stereocenters. The lowest BCUT2D eigenvalue weighted by molar-refractivity contribution is -0.121. The summed E-state index contributed by atoms with van der Waals surface area (Å²) in [5.41, 5.74) is 1.72. The third kappa shape index (κ3) is 6.35. The van der Waals surface area contributed by atoms with Gasteiger partial charge in [0.25, 0.3) is 6.01 Å². The average molecular weight is 520 g/mol. The number of carbonyl (C=O) groups excluding carboxylic acids is 1. The minimum Gasteiger partial charge on any atom is -0.478 e. The summed E-state index contributed by atoms with van der Waals surface area (Å²) in [6, 6.07) is 11.1. The van der Waals surface area contributed by atoms with Gasteiger partial charge in [0.1, 0.15) is 5.82 Å². The molecule has 0 radical (unpaired) electrons. The number of hydrogen-bond donors (Lipinski definition) is 3. The van der Waals surface area contributed by atoms with Crippen LogP contribution in [0.2, 0.25) is 5.15 Å². The third-order valence-electron chi connectivity index (χ3n) is 5.45. The Kier molecular flexibility index (Phi) is 8.80. The second-order valence-electron chi connectivity index (χ2n) is 8.44. The molecule has 0 spiro atoms. The van der Waals surface area contributed by atoms with Crippen LogP contribution in [0.4, 0.5) is 4.39 Å². The molecule has 0 aliphatic carbocycles. The zero-order chi connectivity index (χ0) is 25.7. The smallest absolute Gasteiger partial charge is 0.336 e. The molecule has 10 heteroatoms. The van der Waals surface area contributed by atoms with Crippen LogP contribution < -0.4 is 10.1 Å². The molecule has 1 amide bonds. The summed E-state index contributed by atoms with van der Waals surface area (Å²) >= 11 is 10.7.